The zero-order valence-corrected chi connectivity index (χ0v) is 10.8. The number of benzene rings is 1. The van der Waals surface area contributed by atoms with Gasteiger partial charge in [-0.25, -0.2) is 4.79 Å². The Labute approximate surface area is 108 Å². The van der Waals surface area contributed by atoms with E-state index in [0.717, 1.165) is 10.0 Å². The van der Waals surface area contributed by atoms with Gasteiger partial charge in [-0.05, 0) is 30.7 Å². The van der Waals surface area contributed by atoms with Crippen LogP contribution in [0.3, 0.4) is 0 Å². The summed E-state index contributed by atoms with van der Waals surface area (Å²) in [7, 11) is 0. The Morgan fingerprint density at radius 1 is 1.35 bits per heavy atom. The number of esters is 1. The van der Waals surface area contributed by atoms with Crippen molar-refractivity contribution in [2.24, 2.45) is 5.73 Å². The predicted molar refractivity (Wildman–Crippen MR) is 67.9 cm³/mol. The maximum atomic E-state index is 11.3. The van der Waals surface area contributed by atoms with Gasteiger partial charge in [0, 0.05) is 10.5 Å². The van der Waals surface area contributed by atoms with Crippen molar-refractivity contribution in [1.29, 1.82) is 0 Å². The molecule has 0 spiro atoms. The van der Waals surface area contributed by atoms with Gasteiger partial charge in [0.15, 0.2) is 6.10 Å². The summed E-state index contributed by atoms with van der Waals surface area (Å²) in [6.07, 6.45) is 1.93. The second-order valence-corrected chi connectivity index (χ2v) is 4.28. The SMILES string of the molecule is C[C@@H](OC(=O)/C=C/c1ccc(Br)cc1)C(N)=O. The number of halogens is 1. The molecule has 0 fully saturated rings. The number of amides is 1. The molecule has 1 aromatic carbocycles. The third-order valence-corrected chi connectivity index (χ3v) is 2.50. The van der Waals surface area contributed by atoms with Gasteiger partial charge < -0.3 is 10.5 Å². The van der Waals surface area contributed by atoms with Gasteiger partial charge in [-0.1, -0.05) is 28.1 Å². The van der Waals surface area contributed by atoms with Gasteiger partial charge in [0.2, 0.25) is 0 Å². The molecule has 17 heavy (non-hydrogen) atoms. The molecule has 0 aliphatic carbocycles. The van der Waals surface area contributed by atoms with Crippen molar-refractivity contribution in [2.45, 2.75) is 13.0 Å². The number of ether oxygens (including phenoxy) is 1. The highest BCUT2D eigenvalue weighted by atomic mass is 79.9. The van der Waals surface area contributed by atoms with Crippen LogP contribution in [0.4, 0.5) is 0 Å². The van der Waals surface area contributed by atoms with Crippen LogP contribution in [0.5, 0.6) is 0 Å². The molecule has 90 valence electrons. The highest BCUT2D eigenvalue weighted by Crippen LogP contribution is 2.11. The molecule has 0 radical (unpaired) electrons. The molecular weight excluding hydrogens is 286 g/mol. The molecule has 1 rings (SSSR count). The third-order valence-electron chi connectivity index (χ3n) is 1.98. The first-order chi connectivity index (χ1) is 7.99. The maximum Gasteiger partial charge on any atom is 0.331 e. The Kier molecular flexibility index (Phi) is 4.90. The lowest BCUT2D eigenvalue weighted by Crippen LogP contribution is -2.29. The van der Waals surface area contributed by atoms with E-state index < -0.39 is 18.0 Å². The molecule has 0 aromatic heterocycles. The van der Waals surface area contributed by atoms with Gasteiger partial charge in [-0.15, -0.1) is 0 Å². The molecule has 4 nitrogen and oxygen atoms in total. The Morgan fingerprint density at radius 3 is 2.47 bits per heavy atom. The first-order valence-electron chi connectivity index (χ1n) is 4.92. The topological polar surface area (TPSA) is 69.4 Å². The van der Waals surface area contributed by atoms with E-state index in [-0.39, 0.29) is 0 Å². The van der Waals surface area contributed by atoms with Gasteiger partial charge in [-0.3, -0.25) is 4.79 Å². The summed E-state index contributed by atoms with van der Waals surface area (Å²) in [4.78, 5) is 21.9. The Morgan fingerprint density at radius 2 is 1.94 bits per heavy atom. The predicted octanol–water partition coefficient (Wildman–Crippen LogP) is 1.88. The first kappa shape index (κ1) is 13.4. The summed E-state index contributed by atoms with van der Waals surface area (Å²) in [5, 5.41) is 0. The van der Waals surface area contributed by atoms with Crippen molar-refractivity contribution in [1.82, 2.24) is 0 Å². The van der Waals surface area contributed by atoms with Crippen molar-refractivity contribution in [2.75, 3.05) is 0 Å². The fourth-order valence-electron chi connectivity index (χ4n) is 1.01. The molecule has 0 aliphatic heterocycles. The van der Waals surface area contributed by atoms with Crippen molar-refractivity contribution < 1.29 is 14.3 Å². The summed E-state index contributed by atoms with van der Waals surface area (Å²) in [6.45, 7) is 1.42. The molecule has 0 saturated carbocycles. The van der Waals surface area contributed by atoms with Crippen LogP contribution in [0.25, 0.3) is 6.08 Å². The van der Waals surface area contributed by atoms with Crippen LogP contribution >= 0.6 is 15.9 Å². The zero-order valence-electron chi connectivity index (χ0n) is 9.22. The van der Waals surface area contributed by atoms with Crippen LogP contribution in [0.1, 0.15) is 12.5 Å². The van der Waals surface area contributed by atoms with Crippen LogP contribution in [-0.4, -0.2) is 18.0 Å². The number of carbonyl (C=O) groups excluding carboxylic acids is 2. The first-order valence-corrected chi connectivity index (χ1v) is 5.72. The summed E-state index contributed by atoms with van der Waals surface area (Å²) >= 11 is 3.31. The van der Waals surface area contributed by atoms with Crippen molar-refractivity contribution in [3.63, 3.8) is 0 Å². The molecule has 2 N–H and O–H groups in total. The Balaban J connectivity index is 2.56. The van der Waals surface area contributed by atoms with Gasteiger partial charge in [0.05, 0.1) is 0 Å². The van der Waals surface area contributed by atoms with Crippen LogP contribution in [0.15, 0.2) is 34.8 Å². The van der Waals surface area contributed by atoms with E-state index in [4.69, 9.17) is 10.5 Å². The number of nitrogens with two attached hydrogens (primary N) is 1. The highest BCUT2D eigenvalue weighted by molar-refractivity contribution is 9.10. The average Bonchev–Trinajstić information content (AvgIpc) is 2.28. The normalized spacial score (nSPS) is 12.4. The average molecular weight is 298 g/mol. The van der Waals surface area contributed by atoms with E-state index in [0.29, 0.717) is 0 Å². The fraction of sp³-hybridized carbons (Fsp3) is 0.167. The second-order valence-electron chi connectivity index (χ2n) is 3.37. The molecule has 0 aliphatic rings. The lowest BCUT2D eigenvalue weighted by molar-refractivity contribution is -0.148. The lowest BCUT2D eigenvalue weighted by atomic mass is 10.2. The summed E-state index contributed by atoms with van der Waals surface area (Å²) in [5.41, 5.74) is 5.82. The van der Waals surface area contributed by atoms with E-state index in [1.807, 2.05) is 24.3 Å². The van der Waals surface area contributed by atoms with Crippen molar-refractivity contribution in [3.8, 4) is 0 Å². The van der Waals surface area contributed by atoms with E-state index in [2.05, 4.69) is 15.9 Å². The molecule has 1 amide bonds. The second kappa shape index (κ2) is 6.20. The quantitative estimate of drug-likeness (QED) is 0.681. The van der Waals surface area contributed by atoms with Gasteiger partial charge in [-0.2, -0.15) is 0 Å². The number of hydrogen-bond acceptors (Lipinski definition) is 3. The molecule has 1 atom stereocenters. The van der Waals surface area contributed by atoms with Gasteiger partial charge in [0.25, 0.3) is 5.91 Å². The van der Waals surface area contributed by atoms with Crippen LogP contribution < -0.4 is 5.73 Å². The van der Waals surface area contributed by atoms with E-state index in [1.165, 1.54) is 13.0 Å². The molecule has 1 aromatic rings. The molecule has 0 unspecified atom stereocenters. The molecular formula is C12H12BrNO3. The number of hydrogen-bond donors (Lipinski definition) is 1. The van der Waals surface area contributed by atoms with Gasteiger partial charge >= 0.3 is 5.97 Å². The van der Waals surface area contributed by atoms with Crippen LogP contribution in [-0.2, 0) is 14.3 Å². The molecule has 0 heterocycles. The lowest BCUT2D eigenvalue weighted by Gasteiger charge is -2.06. The minimum atomic E-state index is -0.919. The maximum absolute atomic E-state index is 11.3. The van der Waals surface area contributed by atoms with E-state index in [1.54, 1.807) is 6.08 Å². The third kappa shape index (κ3) is 4.82. The minimum Gasteiger partial charge on any atom is -0.449 e. The summed E-state index contributed by atoms with van der Waals surface area (Å²) in [5.74, 6) is -1.27. The van der Waals surface area contributed by atoms with E-state index in [9.17, 15) is 9.59 Å². The number of carbonyl (C=O) groups is 2. The Bertz CT molecular complexity index is 440. The number of rotatable bonds is 4. The highest BCUT2D eigenvalue weighted by Gasteiger charge is 2.11. The smallest absolute Gasteiger partial charge is 0.331 e. The van der Waals surface area contributed by atoms with Crippen LogP contribution in [0.2, 0.25) is 0 Å². The monoisotopic (exact) mass is 297 g/mol. The fourth-order valence-corrected chi connectivity index (χ4v) is 1.27. The largest absolute Gasteiger partial charge is 0.449 e. The molecule has 5 heteroatoms. The molecule has 0 bridgehead atoms. The summed E-state index contributed by atoms with van der Waals surface area (Å²) < 4.78 is 5.71. The molecule has 0 saturated heterocycles. The zero-order chi connectivity index (χ0) is 12.8. The van der Waals surface area contributed by atoms with Gasteiger partial charge in [0.1, 0.15) is 0 Å². The Hall–Kier alpha value is -1.62. The van der Waals surface area contributed by atoms with Crippen molar-refractivity contribution >= 4 is 33.9 Å². The summed E-state index contributed by atoms with van der Waals surface area (Å²) in [6, 6.07) is 7.39. The van der Waals surface area contributed by atoms with E-state index >= 15 is 0 Å². The number of primary amides is 1. The van der Waals surface area contributed by atoms with Crippen molar-refractivity contribution in [3.05, 3.63) is 40.4 Å². The standard InChI is InChI=1S/C12H12BrNO3/c1-8(12(14)16)17-11(15)7-4-9-2-5-10(13)6-3-9/h2-8H,1H3,(H2,14,16)/b7-4+/t8-/m1/s1. The van der Waals surface area contributed by atoms with Crippen LogP contribution in [0, 0.1) is 0 Å². The minimum absolute atomic E-state index is 0.598.